The standard InChI is InChI=1S/C25H29BrN2O2/c1-18-3-8-25(19(2)13-18)28-11-9-27(10-12-28)16-23(29)17-30-24-7-5-20-14-22(26)6-4-21(20)15-24/h3-8,13-15,23,29H,9-12,16-17H2,1-2H3/t23-/m0/s1. The minimum Gasteiger partial charge on any atom is -0.491 e. The molecule has 0 aliphatic carbocycles. The molecule has 0 unspecified atom stereocenters. The van der Waals surface area contributed by atoms with Crippen LogP contribution in [0.2, 0.25) is 0 Å². The lowest BCUT2D eigenvalue weighted by Crippen LogP contribution is -2.49. The summed E-state index contributed by atoms with van der Waals surface area (Å²) in [6.45, 7) is 9.14. The van der Waals surface area contributed by atoms with Gasteiger partial charge >= 0.3 is 0 Å². The van der Waals surface area contributed by atoms with E-state index in [-0.39, 0.29) is 0 Å². The maximum atomic E-state index is 10.5. The third-order valence-corrected chi connectivity index (χ3v) is 6.24. The summed E-state index contributed by atoms with van der Waals surface area (Å²) in [5.41, 5.74) is 3.96. The second kappa shape index (κ2) is 9.38. The Bertz CT molecular complexity index is 1020. The van der Waals surface area contributed by atoms with Crippen LogP contribution in [0.5, 0.6) is 5.75 Å². The average Bonchev–Trinajstić information content (AvgIpc) is 2.73. The van der Waals surface area contributed by atoms with Crippen molar-refractivity contribution in [3.8, 4) is 5.75 Å². The maximum Gasteiger partial charge on any atom is 0.120 e. The molecule has 1 aliphatic rings. The molecule has 3 aromatic carbocycles. The molecule has 1 N–H and O–H groups in total. The predicted molar refractivity (Wildman–Crippen MR) is 128 cm³/mol. The van der Waals surface area contributed by atoms with E-state index in [2.05, 4.69) is 69.9 Å². The summed E-state index contributed by atoms with van der Waals surface area (Å²) in [6, 6.07) is 18.9. The van der Waals surface area contributed by atoms with Gasteiger partial charge in [-0.05, 0) is 60.5 Å². The van der Waals surface area contributed by atoms with Gasteiger partial charge in [-0.15, -0.1) is 0 Å². The first-order valence-electron chi connectivity index (χ1n) is 10.5. The summed E-state index contributed by atoms with van der Waals surface area (Å²) in [6.07, 6.45) is -0.502. The Morgan fingerprint density at radius 1 is 0.933 bits per heavy atom. The van der Waals surface area contributed by atoms with Crippen LogP contribution in [-0.2, 0) is 0 Å². The summed E-state index contributed by atoms with van der Waals surface area (Å²) in [5, 5.41) is 12.8. The molecule has 4 nitrogen and oxygen atoms in total. The number of aliphatic hydroxyl groups is 1. The number of aliphatic hydroxyl groups excluding tert-OH is 1. The zero-order chi connectivity index (χ0) is 21.1. The van der Waals surface area contributed by atoms with Crippen LogP contribution in [-0.4, -0.2) is 55.4 Å². The molecule has 1 atom stereocenters. The molecule has 5 heteroatoms. The third kappa shape index (κ3) is 5.15. The molecule has 4 rings (SSSR count). The number of hydrogen-bond donors (Lipinski definition) is 1. The van der Waals surface area contributed by atoms with Gasteiger partial charge in [0, 0.05) is 42.9 Å². The van der Waals surface area contributed by atoms with Crippen LogP contribution in [0.4, 0.5) is 5.69 Å². The molecule has 0 saturated carbocycles. The number of halogens is 1. The smallest absolute Gasteiger partial charge is 0.120 e. The van der Waals surface area contributed by atoms with E-state index in [1.165, 1.54) is 22.2 Å². The highest BCUT2D eigenvalue weighted by Crippen LogP contribution is 2.25. The first-order valence-corrected chi connectivity index (χ1v) is 11.3. The van der Waals surface area contributed by atoms with Crippen LogP contribution >= 0.6 is 15.9 Å². The average molecular weight is 469 g/mol. The van der Waals surface area contributed by atoms with E-state index in [0.717, 1.165) is 41.8 Å². The van der Waals surface area contributed by atoms with Crippen molar-refractivity contribution in [2.45, 2.75) is 20.0 Å². The number of benzene rings is 3. The zero-order valence-corrected chi connectivity index (χ0v) is 19.2. The minimum atomic E-state index is -0.502. The Labute approximate surface area is 187 Å². The van der Waals surface area contributed by atoms with Gasteiger partial charge in [0.25, 0.3) is 0 Å². The molecule has 0 spiro atoms. The fourth-order valence-corrected chi connectivity index (χ4v) is 4.54. The normalized spacial score (nSPS) is 16.1. The molecule has 3 aromatic rings. The number of nitrogens with zero attached hydrogens (tertiary/aromatic N) is 2. The molecule has 1 fully saturated rings. The largest absolute Gasteiger partial charge is 0.491 e. The van der Waals surface area contributed by atoms with Crippen LogP contribution in [0.15, 0.2) is 59.1 Å². The van der Waals surface area contributed by atoms with Crippen molar-refractivity contribution in [2.24, 2.45) is 0 Å². The number of β-amino-alcohol motifs (C(OH)–C–C–N with tert-alkyl or cyclic N) is 1. The first kappa shape index (κ1) is 21.2. The highest BCUT2D eigenvalue weighted by Gasteiger charge is 2.20. The van der Waals surface area contributed by atoms with Crippen molar-refractivity contribution in [1.82, 2.24) is 4.90 Å². The number of rotatable bonds is 6. The van der Waals surface area contributed by atoms with Crippen molar-refractivity contribution in [1.29, 1.82) is 0 Å². The fraction of sp³-hybridized carbons (Fsp3) is 0.360. The molecule has 1 heterocycles. The Kier molecular flexibility index (Phi) is 6.61. The number of hydrogen-bond acceptors (Lipinski definition) is 4. The summed E-state index contributed by atoms with van der Waals surface area (Å²) in [5.74, 6) is 0.795. The summed E-state index contributed by atoms with van der Waals surface area (Å²) < 4.78 is 6.93. The van der Waals surface area contributed by atoms with E-state index in [9.17, 15) is 5.11 Å². The van der Waals surface area contributed by atoms with Crippen molar-refractivity contribution in [2.75, 3.05) is 44.2 Å². The molecule has 0 aromatic heterocycles. The number of fused-ring (bicyclic) bond motifs is 1. The maximum absolute atomic E-state index is 10.5. The molecule has 0 radical (unpaired) electrons. The van der Waals surface area contributed by atoms with Gasteiger partial charge in [0.15, 0.2) is 0 Å². The Morgan fingerprint density at radius 2 is 1.67 bits per heavy atom. The monoisotopic (exact) mass is 468 g/mol. The van der Waals surface area contributed by atoms with E-state index < -0.39 is 6.10 Å². The Morgan fingerprint density at radius 3 is 2.43 bits per heavy atom. The topological polar surface area (TPSA) is 35.9 Å². The lowest BCUT2D eigenvalue weighted by atomic mass is 10.1. The SMILES string of the molecule is Cc1ccc(N2CCN(C[C@H](O)COc3ccc4cc(Br)ccc4c3)CC2)c(C)c1. The van der Waals surface area contributed by atoms with Crippen LogP contribution in [0.25, 0.3) is 10.8 Å². The molecule has 158 valence electrons. The van der Waals surface area contributed by atoms with Crippen molar-refractivity contribution in [3.05, 3.63) is 70.2 Å². The lowest BCUT2D eigenvalue weighted by Gasteiger charge is -2.37. The summed E-state index contributed by atoms with van der Waals surface area (Å²) in [7, 11) is 0. The van der Waals surface area contributed by atoms with Crippen LogP contribution in [0.1, 0.15) is 11.1 Å². The van der Waals surface area contributed by atoms with Gasteiger partial charge in [-0.3, -0.25) is 4.90 Å². The van der Waals surface area contributed by atoms with E-state index in [1.54, 1.807) is 0 Å². The Hall–Kier alpha value is -2.08. The first-order chi connectivity index (χ1) is 14.5. The number of piperazine rings is 1. The lowest BCUT2D eigenvalue weighted by molar-refractivity contribution is 0.0663. The third-order valence-electron chi connectivity index (χ3n) is 5.75. The van der Waals surface area contributed by atoms with Gasteiger partial charge in [-0.2, -0.15) is 0 Å². The minimum absolute atomic E-state index is 0.305. The fourth-order valence-electron chi connectivity index (χ4n) is 4.16. The van der Waals surface area contributed by atoms with E-state index in [4.69, 9.17) is 4.74 Å². The van der Waals surface area contributed by atoms with Crippen LogP contribution in [0.3, 0.4) is 0 Å². The van der Waals surface area contributed by atoms with E-state index >= 15 is 0 Å². The molecular formula is C25H29BrN2O2. The second-order valence-corrected chi connectivity index (χ2v) is 9.11. The van der Waals surface area contributed by atoms with Crippen LogP contribution in [0, 0.1) is 13.8 Å². The highest BCUT2D eigenvalue weighted by atomic mass is 79.9. The van der Waals surface area contributed by atoms with E-state index in [0.29, 0.717) is 13.2 Å². The summed E-state index contributed by atoms with van der Waals surface area (Å²) >= 11 is 3.50. The zero-order valence-electron chi connectivity index (χ0n) is 17.6. The van der Waals surface area contributed by atoms with Crippen molar-refractivity contribution < 1.29 is 9.84 Å². The molecule has 30 heavy (non-hydrogen) atoms. The van der Waals surface area contributed by atoms with Gasteiger partial charge in [0.05, 0.1) is 0 Å². The second-order valence-electron chi connectivity index (χ2n) is 8.20. The summed E-state index contributed by atoms with van der Waals surface area (Å²) in [4.78, 5) is 4.77. The van der Waals surface area contributed by atoms with E-state index in [1.807, 2.05) is 24.3 Å². The quantitative estimate of drug-likeness (QED) is 0.564. The van der Waals surface area contributed by atoms with Crippen LogP contribution < -0.4 is 9.64 Å². The number of aryl methyl sites for hydroxylation is 2. The highest BCUT2D eigenvalue weighted by molar-refractivity contribution is 9.10. The predicted octanol–water partition coefficient (Wildman–Crippen LogP) is 4.78. The van der Waals surface area contributed by atoms with Crippen molar-refractivity contribution in [3.63, 3.8) is 0 Å². The van der Waals surface area contributed by atoms with Gasteiger partial charge in [-0.25, -0.2) is 0 Å². The molecule has 0 bridgehead atoms. The van der Waals surface area contributed by atoms with Crippen molar-refractivity contribution >= 4 is 32.4 Å². The number of ether oxygens (including phenoxy) is 1. The number of anilines is 1. The molecule has 0 amide bonds. The molecule has 1 saturated heterocycles. The Balaban J connectivity index is 1.26. The van der Waals surface area contributed by atoms with Gasteiger partial charge < -0.3 is 14.7 Å². The molecule has 1 aliphatic heterocycles. The van der Waals surface area contributed by atoms with Gasteiger partial charge in [0.1, 0.15) is 18.5 Å². The van der Waals surface area contributed by atoms with Gasteiger partial charge in [0.2, 0.25) is 0 Å². The van der Waals surface area contributed by atoms with Gasteiger partial charge in [-0.1, -0.05) is 45.8 Å². The molecular weight excluding hydrogens is 440 g/mol.